The highest BCUT2D eigenvalue weighted by Crippen LogP contribution is 2.40. The second-order valence-corrected chi connectivity index (χ2v) is 17.9. The van der Waals surface area contributed by atoms with Gasteiger partial charge in [-0.05, 0) is 24.1 Å². The topological polar surface area (TPSA) is 102 Å². The number of hydrogen-bond donors (Lipinski definition) is 1. The van der Waals surface area contributed by atoms with E-state index in [1.54, 1.807) is 0 Å². The molecule has 306 valence electrons. The van der Waals surface area contributed by atoms with Crippen molar-refractivity contribution in [3.8, 4) is 0 Å². The molecule has 2 fully saturated rings. The van der Waals surface area contributed by atoms with Crippen molar-refractivity contribution < 1.29 is 38.0 Å². The zero-order chi connectivity index (χ0) is 39.6. The summed E-state index contributed by atoms with van der Waals surface area (Å²) in [7, 11) is 0. The van der Waals surface area contributed by atoms with E-state index in [0.29, 0.717) is 13.0 Å². The number of carbonyl (C=O) groups excluding carboxylic acids is 2. The zero-order valence-corrected chi connectivity index (χ0v) is 35.0. The van der Waals surface area contributed by atoms with Crippen LogP contribution in [-0.4, -0.2) is 65.0 Å². The third kappa shape index (κ3) is 15.3. The van der Waals surface area contributed by atoms with Crippen LogP contribution in [0.3, 0.4) is 0 Å². The summed E-state index contributed by atoms with van der Waals surface area (Å²) in [6, 6.07) is 28.0. The molecule has 56 heavy (non-hydrogen) atoms. The van der Waals surface area contributed by atoms with Crippen LogP contribution in [0.25, 0.3) is 0 Å². The van der Waals surface area contributed by atoms with Crippen LogP contribution in [-0.2, 0) is 39.8 Å². The van der Waals surface area contributed by atoms with Crippen molar-refractivity contribution in [2.45, 2.75) is 135 Å². The first-order valence-corrected chi connectivity index (χ1v) is 21.7. The maximum Gasteiger partial charge on any atom is 0.407 e. The number of benzene rings is 3. The molecular weight excluding hydrogens is 798 g/mol. The molecule has 2 saturated heterocycles. The van der Waals surface area contributed by atoms with Crippen LogP contribution in [0, 0.1) is 0 Å². The molecule has 13 heteroatoms. The number of nitrogens with one attached hydrogen (secondary N) is 1. The number of carbonyl (C=O) groups is 2. The van der Waals surface area contributed by atoms with E-state index in [9.17, 15) is 9.59 Å². The SMILES string of the molecule is CCCCCCCCCCC[C@H](CC(=O)O[C@H]1[C@@H]2O[C@H](c3ccccc3)OC[C@H]2O[13C@H](Sc2ccccc2)[C@@H]1NC(=O)OCC(Cl)(Cl)Cl)OCc1ccccc1. The summed E-state index contributed by atoms with van der Waals surface area (Å²) in [5.74, 6) is -0.485. The Morgan fingerprint density at radius 3 is 2.12 bits per heavy atom. The van der Waals surface area contributed by atoms with Gasteiger partial charge in [0.2, 0.25) is 3.79 Å². The Balaban J connectivity index is 1.34. The fourth-order valence-corrected chi connectivity index (χ4v) is 8.12. The van der Waals surface area contributed by atoms with Gasteiger partial charge in [-0.1, -0.05) is 190 Å². The number of rotatable bonds is 21. The number of halogens is 3. The lowest BCUT2D eigenvalue weighted by Gasteiger charge is -2.48. The van der Waals surface area contributed by atoms with Crippen LogP contribution >= 0.6 is 46.6 Å². The van der Waals surface area contributed by atoms with Gasteiger partial charge in [-0.3, -0.25) is 4.79 Å². The van der Waals surface area contributed by atoms with Crippen LogP contribution in [0.15, 0.2) is 95.9 Å². The summed E-state index contributed by atoms with van der Waals surface area (Å²) in [6.07, 6.45) is 6.97. The first-order valence-electron chi connectivity index (χ1n) is 19.7. The molecule has 0 aromatic heterocycles. The Morgan fingerprint density at radius 1 is 0.839 bits per heavy atom. The van der Waals surface area contributed by atoms with E-state index in [1.165, 1.54) is 50.3 Å². The molecule has 0 saturated carbocycles. The summed E-state index contributed by atoms with van der Waals surface area (Å²) < 4.78 is 35.5. The van der Waals surface area contributed by atoms with E-state index in [0.717, 1.165) is 35.3 Å². The minimum Gasteiger partial charge on any atom is -0.457 e. The summed E-state index contributed by atoms with van der Waals surface area (Å²) in [4.78, 5) is 28.3. The number of ether oxygens (including phenoxy) is 6. The third-order valence-electron chi connectivity index (χ3n) is 9.68. The lowest BCUT2D eigenvalue weighted by atomic mass is 10.00. The fraction of sp³-hybridized carbons (Fsp3) is 0.535. The first kappa shape index (κ1) is 44.6. The Hall–Kier alpha value is -2.54. The van der Waals surface area contributed by atoms with Gasteiger partial charge in [-0.25, -0.2) is 4.79 Å². The molecular formula is C43H54Cl3NO8S. The molecule has 0 spiro atoms. The standard InChI is InChI=1S/C43H54Cl3NO8S/c1-2-3-4-5-6-7-8-9-17-24-33(50-28-31-20-13-10-14-21-31)27-36(48)54-39-37(47-42(49)52-30-43(44,45)46)41(56-34-25-18-12-19-26-34)53-35-29-51-40(55-38(35)39)32-22-15-11-16-23-32/h10-16,18-23,25-26,33,35,37-41H,2-9,17,24,27-30H2,1H3,(H,47,49)/t33-,35-,37-,38-,39-,40-,41-/m1/s1/i41+1. The highest BCUT2D eigenvalue weighted by Gasteiger charge is 2.53. The normalized spacial score (nSPS) is 22.8. The molecule has 0 radical (unpaired) electrons. The molecule has 0 bridgehead atoms. The summed E-state index contributed by atoms with van der Waals surface area (Å²) in [5, 5.41) is 2.86. The van der Waals surface area contributed by atoms with Crippen LogP contribution < -0.4 is 5.32 Å². The minimum atomic E-state index is -1.83. The van der Waals surface area contributed by atoms with Crippen molar-refractivity contribution in [1.82, 2.24) is 5.32 Å². The van der Waals surface area contributed by atoms with Gasteiger partial charge in [0.05, 0.1) is 25.7 Å². The average Bonchev–Trinajstić information content (AvgIpc) is 3.20. The molecule has 0 aliphatic carbocycles. The van der Waals surface area contributed by atoms with Gasteiger partial charge in [-0.2, -0.15) is 0 Å². The van der Waals surface area contributed by atoms with Crippen LogP contribution in [0.5, 0.6) is 0 Å². The molecule has 2 aliphatic rings. The number of fused-ring (bicyclic) bond motifs is 1. The van der Waals surface area contributed by atoms with E-state index in [4.69, 9.17) is 63.2 Å². The molecule has 1 N–H and O–H groups in total. The van der Waals surface area contributed by atoms with Crippen molar-refractivity contribution in [2.24, 2.45) is 0 Å². The molecule has 7 atom stereocenters. The first-order chi connectivity index (χ1) is 27.2. The lowest BCUT2D eigenvalue weighted by Crippen LogP contribution is -2.66. The average molecular weight is 852 g/mol. The number of unbranched alkanes of at least 4 members (excludes halogenated alkanes) is 8. The smallest absolute Gasteiger partial charge is 0.407 e. The number of amides is 1. The predicted molar refractivity (Wildman–Crippen MR) is 221 cm³/mol. The summed E-state index contributed by atoms with van der Waals surface area (Å²) in [5.41, 5.74) is 1.06. The van der Waals surface area contributed by atoms with Gasteiger partial charge in [0.15, 0.2) is 12.4 Å². The van der Waals surface area contributed by atoms with E-state index < -0.39 is 58.5 Å². The van der Waals surface area contributed by atoms with Crippen molar-refractivity contribution in [3.05, 3.63) is 102 Å². The number of hydrogen-bond acceptors (Lipinski definition) is 9. The van der Waals surface area contributed by atoms with Gasteiger partial charge in [-0.15, -0.1) is 0 Å². The summed E-state index contributed by atoms with van der Waals surface area (Å²) in [6.45, 7) is 2.27. The maximum absolute atomic E-state index is 14.1. The second kappa shape index (κ2) is 23.8. The number of alkyl carbamates (subject to hydrolysis) is 1. The van der Waals surface area contributed by atoms with E-state index >= 15 is 0 Å². The molecule has 0 unspecified atom stereocenters. The maximum atomic E-state index is 14.1. The number of thioether (sulfide) groups is 1. The Labute approximate surface area is 350 Å². The van der Waals surface area contributed by atoms with Crippen molar-refractivity contribution in [2.75, 3.05) is 13.2 Å². The zero-order valence-electron chi connectivity index (χ0n) is 31.9. The minimum absolute atomic E-state index is 0.0120. The molecule has 2 heterocycles. The van der Waals surface area contributed by atoms with Gasteiger partial charge < -0.3 is 33.7 Å². The van der Waals surface area contributed by atoms with Gasteiger partial charge in [0.25, 0.3) is 0 Å². The molecule has 2 aliphatic heterocycles. The summed E-state index contributed by atoms with van der Waals surface area (Å²) >= 11 is 19.1. The molecule has 3 aromatic carbocycles. The van der Waals surface area contributed by atoms with Crippen molar-refractivity contribution in [3.63, 3.8) is 0 Å². The molecule has 3 aromatic rings. The molecule has 5 rings (SSSR count). The van der Waals surface area contributed by atoms with E-state index in [-0.39, 0.29) is 19.1 Å². The highest BCUT2D eigenvalue weighted by molar-refractivity contribution is 7.99. The largest absolute Gasteiger partial charge is 0.457 e. The van der Waals surface area contributed by atoms with Gasteiger partial charge >= 0.3 is 12.1 Å². The Kier molecular flexibility index (Phi) is 18.9. The number of alkyl halides is 3. The van der Waals surface area contributed by atoms with Crippen molar-refractivity contribution in [1.29, 1.82) is 0 Å². The Morgan fingerprint density at radius 2 is 1.46 bits per heavy atom. The van der Waals surface area contributed by atoms with E-state index in [2.05, 4.69) is 12.2 Å². The van der Waals surface area contributed by atoms with Crippen LogP contribution in [0.4, 0.5) is 4.79 Å². The molecule has 1 amide bonds. The third-order valence-corrected chi connectivity index (χ3v) is 11.2. The monoisotopic (exact) mass is 850 g/mol. The molecule has 9 nitrogen and oxygen atoms in total. The van der Waals surface area contributed by atoms with Crippen molar-refractivity contribution >= 4 is 58.6 Å². The Bertz CT molecular complexity index is 1570. The van der Waals surface area contributed by atoms with Gasteiger partial charge in [0.1, 0.15) is 30.3 Å². The van der Waals surface area contributed by atoms with E-state index in [1.807, 2.05) is 91.0 Å². The lowest BCUT2D eigenvalue weighted by molar-refractivity contribution is -0.308. The van der Waals surface area contributed by atoms with Crippen LogP contribution in [0.1, 0.15) is 95.0 Å². The number of esters is 1. The predicted octanol–water partition coefficient (Wildman–Crippen LogP) is 10.9. The fourth-order valence-electron chi connectivity index (χ4n) is 6.80. The van der Waals surface area contributed by atoms with Crippen LogP contribution in [0.2, 0.25) is 0 Å². The quantitative estimate of drug-likeness (QED) is 0.0486. The van der Waals surface area contributed by atoms with Gasteiger partial charge in [0, 0.05) is 10.5 Å². The highest BCUT2D eigenvalue weighted by atomic mass is 35.6. The second-order valence-electron chi connectivity index (χ2n) is 14.2.